The van der Waals surface area contributed by atoms with Crippen molar-refractivity contribution in [3.8, 4) is 0 Å². The summed E-state index contributed by atoms with van der Waals surface area (Å²) >= 11 is 0. The van der Waals surface area contributed by atoms with Crippen LogP contribution in [0.5, 0.6) is 0 Å². The maximum Gasteiger partial charge on any atom is 0.331 e. The number of fused-ring (bicyclic) bond motifs is 1. The van der Waals surface area contributed by atoms with E-state index < -0.39 is 21.3 Å². The van der Waals surface area contributed by atoms with Crippen molar-refractivity contribution in [1.82, 2.24) is 9.62 Å². The van der Waals surface area contributed by atoms with E-state index in [1.54, 1.807) is 7.05 Å². The van der Waals surface area contributed by atoms with Gasteiger partial charge in [-0.05, 0) is 12.8 Å². The third-order valence-electron chi connectivity index (χ3n) is 3.11. The van der Waals surface area contributed by atoms with E-state index in [0.717, 1.165) is 19.3 Å². The molecule has 0 bridgehead atoms. The van der Waals surface area contributed by atoms with Crippen LogP contribution in [0.25, 0.3) is 0 Å². The highest BCUT2D eigenvalue weighted by molar-refractivity contribution is 7.90. The molecule has 2 unspecified atom stereocenters. The molecule has 1 heterocycles. The van der Waals surface area contributed by atoms with E-state index in [4.69, 9.17) is 0 Å². The predicted molar refractivity (Wildman–Crippen MR) is 51.3 cm³/mol. The van der Waals surface area contributed by atoms with Gasteiger partial charge in [0.15, 0.2) is 0 Å². The number of carbonyl (C=O) groups is 1. The minimum Gasteiger partial charge on any atom is -0.323 e. The first-order valence-electron chi connectivity index (χ1n) is 4.81. The molecule has 0 aromatic carbocycles. The van der Waals surface area contributed by atoms with Crippen molar-refractivity contribution in [2.75, 3.05) is 7.05 Å². The number of sulfonamides is 1. The lowest BCUT2D eigenvalue weighted by molar-refractivity contribution is 0.172. The van der Waals surface area contributed by atoms with Gasteiger partial charge in [-0.3, -0.25) is 0 Å². The second-order valence-electron chi connectivity index (χ2n) is 3.95. The molecule has 2 aliphatic rings. The Hall–Kier alpha value is -0.780. The van der Waals surface area contributed by atoms with Gasteiger partial charge in [-0.15, -0.1) is 0 Å². The number of nitrogens with zero attached hydrogens (tertiary/aromatic N) is 1. The molecule has 0 aromatic rings. The van der Waals surface area contributed by atoms with Crippen LogP contribution < -0.4 is 4.72 Å². The van der Waals surface area contributed by atoms with Crippen LogP contribution in [0.15, 0.2) is 0 Å². The summed E-state index contributed by atoms with van der Waals surface area (Å²) in [5.41, 5.74) is 0. The summed E-state index contributed by atoms with van der Waals surface area (Å²) in [5.74, 6) is 0. The Kier molecular flexibility index (Phi) is 2.17. The average molecular weight is 218 g/mol. The van der Waals surface area contributed by atoms with Gasteiger partial charge >= 0.3 is 6.03 Å². The Labute approximate surface area is 83.5 Å². The van der Waals surface area contributed by atoms with Gasteiger partial charge in [0.2, 0.25) is 10.0 Å². The maximum absolute atomic E-state index is 11.6. The highest BCUT2D eigenvalue weighted by Gasteiger charge is 2.44. The van der Waals surface area contributed by atoms with Crippen LogP contribution in [0.1, 0.15) is 25.7 Å². The summed E-state index contributed by atoms with van der Waals surface area (Å²) in [4.78, 5) is 12.8. The van der Waals surface area contributed by atoms with Crippen LogP contribution in [0.2, 0.25) is 0 Å². The molecule has 1 N–H and O–H groups in total. The standard InChI is InChI=1S/C8H14N2O3S/c1-10-6-4-2-3-5-7(6)14(12,13)9-8(10)11/h6-7H,2-5H2,1H3,(H,9,11). The quantitative estimate of drug-likeness (QED) is 0.635. The van der Waals surface area contributed by atoms with Crippen LogP contribution in [0.4, 0.5) is 4.79 Å². The van der Waals surface area contributed by atoms with Crippen LogP contribution in [-0.2, 0) is 10.0 Å². The van der Waals surface area contributed by atoms with Gasteiger partial charge < -0.3 is 4.90 Å². The van der Waals surface area contributed by atoms with Gasteiger partial charge in [-0.1, -0.05) is 12.8 Å². The lowest BCUT2D eigenvalue weighted by atomic mass is 9.94. The molecule has 1 aliphatic carbocycles. The maximum atomic E-state index is 11.6. The molecule has 2 amide bonds. The van der Waals surface area contributed by atoms with Crippen LogP contribution in [-0.4, -0.2) is 37.7 Å². The van der Waals surface area contributed by atoms with Crippen LogP contribution in [0, 0.1) is 0 Å². The first-order chi connectivity index (χ1) is 6.52. The van der Waals surface area contributed by atoms with Gasteiger partial charge in [0.1, 0.15) is 5.25 Å². The molecule has 80 valence electrons. The number of nitrogens with one attached hydrogen (secondary N) is 1. The SMILES string of the molecule is CN1C(=O)NS(=O)(=O)C2CCCCC21. The van der Waals surface area contributed by atoms with Crippen molar-refractivity contribution in [2.24, 2.45) is 0 Å². The highest BCUT2D eigenvalue weighted by atomic mass is 32.2. The van der Waals surface area contributed by atoms with E-state index in [-0.39, 0.29) is 6.04 Å². The van der Waals surface area contributed by atoms with Crippen molar-refractivity contribution in [3.05, 3.63) is 0 Å². The number of hydrogen-bond acceptors (Lipinski definition) is 3. The normalized spacial score (nSPS) is 36.1. The summed E-state index contributed by atoms with van der Waals surface area (Å²) in [6.07, 6.45) is 3.41. The number of amides is 2. The molecule has 1 saturated carbocycles. The third-order valence-corrected chi connectivity index (χ3v) is 4.92. The average Bonchev–Trinajstić information content (AvgIpc) is 2.14. The Bertz CT molecular complexity index is 352. The fraction of sp³-hybridized carbons (Fsp3) is 0.875. The molecule has 2 rings (SSSR count). The minimum atomic E-state index is -3.41. The van der Waals surface area contributed by atoms with Gasteiger partial charge in [0, 0.05) is 7.05 Å². The Morgan fingerprint density at radius 1 is 1.36 bits per heavy atom. The van der Waals surface area contributed by atoms with Gasteiger partial charge in [0.25, 0.3) is 0 Å². The summed E-state index contributed by atoms with van der Waals surface area (Å²) in [6, 6.07) is -0.615. The molecular formula is C8H14N2O3S. The summed E-state index contributed by atoms with van der Waals surface area (Å²) in [5, 5.41) is -0.404. The third kappa shape index (κ3) is 1.37. The molecule has 5 nitrogen and oxygen atoms in total. The van der Waals surface area contributed by atoms with Crippen molar-refractivity contribution < 1.29 is 13.2 Å². The summed E-state index contributed by atoms with van der Waals surface area (Å²) < 4.78 is 25.3. The second kappa shape index (κ2) is 3.12. The van der Waals surface area contributed by atoms with E-state index >= 15 is 0 Å². The Morgan fingerprint density at radius 3 is 2.71 bits per heavy atom. The molecule has 2 fully saturated rings. The highest BCUT2D eigenvalue weighted by Crippen LogP contribution is 2.29. The first kappa shape index (κ1) is 9.76. The topological polar surface area (TPSA) is 66.5 Å². The first-order valence-corrected chi connectivity index (χ1v) is 6.35. The minimum absolute atomic E-state index is 0.123. The van der Waals surface area contributed by atoms with E-state index in [0.29, 0.717) is 6.42 Å². The second-order valence-corrected chi connectivity index (χ2v) is 5.85. The molecule has 0 spiro atoms. The lowest BCUT2D eigenvalue weighted by Gasteiger charge is -2.41. The summed E-state index contributed by atoms with van der Waals surface area (Å²) in [7, 11) is -1.75. The molecule has 6 heteroatoms. The summed E-state index contributed by atoms with van der Waals surface area (Å²) in [6.45, 7) is 0. The van der Waals surface area contributed by atoms with Crippen molar-refractivity contribution >= 4 is 16.1 Å². The fourth-order valence-corrected chi connectivity index (χ4v) is 4.05. The molecular weight excluding hydrogens is 204 g/mol. The van der Waals surface area contributed by atoms with Crippen LogP contribution >= 0.6 is 0 Å². The number of urea groups is 1. The molecule has 0 aromatic heterocycles. The van der Waals surface area contributed by atoms with Gasteiger partial charge in [-0.25, -0.2) is 17.9 Å². The number of hydrogen-bond donors (Lipinski definition) is 1. The van der Waals surface area contributed by atoms with E-state index in [2.05, 4.69) is 4.72 Å². The zero-order valence-corrected chi connectivity index (χ0v) is 8.88. The zero-order valence-electron chi connectivity index (χ0n) is 8.06. The smallest absolute Gasteiger partial charge is 0.323 e. The van der Waals surface area contributed by atoms with Crippen molar-refractivity contribution in [1.29, 1.82) is 0 Å². The molecule has 14 heavy (non-hydrogen) atoms. The van der Waals surface area contributed by atoms with Crippen molar-refractivity contribution in [3.63, 3.8) is 0 Å². The molecule has 2 atom stereocenters. The van der Waals surface area contributed by atoms with Crippen LogP contribution in [0.3, 0.4) is 0 Å². The van der Waals surface area contributed by atoms with E-state index in [1.807, 2.05) is 0 Å². The van der Waals surface area contributed by atoms with E-state index in [9.17, 15) is 13.2 Å². The molecule has 1 saturated heterocycles. The zero-order chi connectivity index (χ0) is 10.3. The Morgan fingerprint density at radius 2 is 2.00 bits per heavy atom. The molecule has 0 radical (unpaired) electrons. The Balaban J connectivity index is 2.33. The number of rotatable bonds is 0. The number of carbonyl (C=O) groups excluding carboxylic acids is 1. The lowest BCUT2D eigenvalue weighted by Crippen LogP contribution is -2.61. The monoisotopic (exact) mass is 218 g/mol. The predicted octanol–water partition coefficient (Wildman–Crippen LogP) is 0.282. The molecule has 1 aliphatic heterocycles. The fourth-order valence-electron chi connectivity index (χ4n) is 2.30. The largest absolute Gasteiger partial charge is 0.331 e. The van der Waals surface area contributed by atoms with Crippen molar-refractivity contribution in [2.45, 2.75) is 37.0 Å². The van der Waals surface area contributed by atoms with Gasteiger partial charge in [0.05, 0.1) is 6.04 Å². The van der Waals surface area contributed by atoms with E-state index in [1.165, 1.54) is 4.90 Å². The van der Waals surface area contributed by atoms with Gasteiger partial charge in [-0.2, -0.15) is 0 Å².